The Hall–Kier alpha value is -2.21. The SMILES string of the molecule is COc1cccc(C(=O)/C=C/c2cc(Br)ccc2OC(F)F)c1. The van der Waals surface area contributed by atoms with Gasteiger partial charge in [0.05, 0.1) is 7.11 Å². The molecule has 0 fully saturated rings. The third kappa shape index (κ3) is 4.89. The van der Waals surface area contributed by atoms with E-state index in [2.05, 4.69) is 20.7 Å². The predicted molar refractivity (Wildman–Crippen MR) is 87.1 cm³/mol. The molecule has 23 heavy (non-hydrogen) atoms. The van der Waals surface area contributed by atoms with Crippen molar-refractivity contribution in [3.8, 4) is 11.5 Å². The van der Waals surface area contributed by atoms with Crippen LogP contribution >= 0.6 is 15.9 Å². The van der Waals surface area contributed by atoms with E-state index in [9.17, 15) is 13.6 Å². The summed E-state index contributed by atoms with van der Waals surface area (Å²) in [5.41, 5.74) is 0.808. The third-order valence-corrected chi connectivity index (χ3v) is 3.45. The number of carbonyl (C=O) groups excluding carboxylic acids is 1. The molecule has 2 rings (SSSR count). The molecule has 0 aromatic heterocycles. The molecule has 0 saturated heterocycles. The van der Waals surface area contributed by atoms with Crippen molar-refractivity contribution in [1.82, 2.24) is 0 Å². The fourth-order valence-electron chi connectivity index (χ4n) is 1.89. The molecule has 0 aliphatic carbocycles. The summed E-state index contributed by atoms with van der Waals surface area (Å²) >= 11 is 3.25. The van der Waals surface area contributed by atoms with Crippen molar-refractivity contribution in [3.63, 3.8) is 0 Å². The molecule has 0 saturated carbocycles. The maximum Gasteiger partial charge on any atom is 0.387 e. The van der Waals surface area contributed by atoms with Crippen molar-refractivity contribution in [3.05, 3.63) is 64.1 Å². The van der Waals surface area contributed by atoms with Gasteiger partial charge in [-0.3, -0.25) is 4.79 Å². The van der Waals surface area contributed by atoms with E-state index in [1.807, 2.05) is 0 Å². The Bertz CT molecular complexity index is 730. The van der Waals surface area contributed by atoms with Crippen molar-refractivity contribution in [1.29, 1.82) is 0 Å². The molecule has 0 heterocycles. The van der Waals surface area contributed by atoms with Crippen molar-refractivity contribution in [2.75, 3.05) is 7.11 Å². The first-order chi connectivity index (χ1) is 11.0. The topological polar surface area (TPSA) is 35.5 Å². The van der Waals surface area contributed by atoms with Gasteiger partial charge in [-0.1, -0.05) is 28.1 Å². The molecule has 2 aromatic carbocycles. The molecule has 0 N–H and O–H groups in total. The zero-order valence-electron chi connectivity index (χ0n) is 12.1. The fourth-order valence-corrected chi connectivity index (χ4v) is 2.27. The normalized spacial score (nSPS) is 11.0. The number of benzene rings is 2. The molecule has 0 unspecified atom stereocenters. The average Bonchev–Trinajstić information content (AvgIpc) is 2.54. The lowest BCUT2D eigenvalue weighted by Crippen LogP contribution is -2.03. The van der Waals surface area contributed by atoms with Crippen LogP contribution in [-0.2, 0) is 0 Å². The Morgan fingerprint density at radius 3 is 2.70 bits per heavy atom. The van der Waals surface area contributed by atoms with Gasteiger partial charge in [-0.05, 0) is 42.5 Å². The second-order valence-corrected chi connectivity index (χ2v) is 5.41. The molecule has 0 atom stereocenters. The lowest BCUT2D eigenvalue weighted by Gasteiger charge is -2.08. The number of halogens is 3. The number of allylic oxidation sites excluding steroid dienone is 1. The van der Waals surface area contributed by atoms with Crippen LogP contribution in [0.2, 0.25) is 0 Å². The Morgan fingerprint density at radius 1 is 1.22 bits per heavy atom. The fraction of sp³-hybridized carbons (Fsp3) is 0.118. The van der Waals surface area contributed by atoms with Gasteiger partial charge in [0.1, 0.15) is 11.5 Å². The highest BCUT2D eigenvalue weighted by Crippen LogP contribution is 2.26. The van der Waals surface area contributed by atoms with Gasteiger partial charge in [-0.25, -0.2) is 0 Å². The highest BCUT2D eigenvalue weighted by molar-refractivity contribution is 9.10. The van der Waals surface area contributed by atoms with Gasteiger partial charge in [-0.2, -0.15) is 8.78 Å². The summed E-state index contributed by atoms with van der Waals surface area (Å²) < 4.78 is 35.0. The molecule has 0 bridgehead atoms. The van der Waals surface area contributed by atoms with Crippen molar-refractivity contribution < 1.29 is 23.0 Å². The molecule has 0 radical (unpaired) electrons. The van der Waals surface area contributed by atoms with Crippen LogP contribution in [0.25, 0.3) is 6.08 Å². The summed E-state index contributed by atoms with van der Waals surface area (Å²) in [4.78, 5) is 12.2. The maximum atomic E-state index is 12.4. The smallest absolute Gasteiger partial charge is 0.387 e. The first-order valence-corrected chi connectivity index (χ1v) is 7.39. The number of ether oxygens (including phenoxy) is 2. The zero-order valence-corrected chi connectivity index (χ0v) is 13.7. The van der Waals surface area contributed by atoms with Crippen LogP contribution in [0, 0.1) is 0 Å². The van der Waals surface area contributed by atoms with Crippen molar-refractivity contribution >= 4 is 27.8 Å². The molecule has 6 heteroatoms. The molecule has 2 aromatic rings. The van der Waals surface area contributed by atoms with E-state index >= 15 is 0 Å². The number of hydrogen-bond donors (Lipinski definition) is 0. The summed E-state index contributed by atoms with van der Waals surface area (Å²) in [5.74, 6) is 0.290. The van der Waals surface area contributed by atoms with Gasteiger partial charge in [0, 0.05) is 15.6 Å². The largest absolute Gasteiger partial charge is 0.497 e. The Balaban J connectivity index is 2.24. The standard InChI is InChI=1S/C17H13BrF2O3/c1-22-14-4-2-3-11(10-14)15(21)7-5-12-9-13(18)6-8-16(12)23-17(19)20/h2-10,17H,1H3/b7-5+. The van der Waals surface area contributed by atoms with Crippen LogP contribution in [-0.4, -0.2) is 19.5 Å². The number of carbonyl (C=O) groups is 1. The molecule has 0 aliphatic rings. The van der Waals surface area contributed by atoms with E-state index in [0.717, 1.165) is 0 Å². The van der Waals surface area contributed by atoms with E-state index in [1.165, 1.54) is 25.3 Å². The highest BCUT2D eigenvalue weighted by atomic mass is 79.9. The monoisotopic (exact) mass is 382 g/mol. The zero-order chi connectivity index (χ0) is 16.8. The van der Waals surface area contributed by atoms with Gasteiger partial charge in [0.2, 0.25) is 0 Å². The van der Waals surface area contributed by atoms with E-state index in [0.29, 0.717) is 21.3 Å². The van der Waals surface area contributed by atoms with Gasteiger partial charge in [0.25, 0.3) is 0 Å². The molecule has 3 nitrogen and oxygen atoms in total. The number of hydrogen-bond acceptors (Lipinski definition) is 3. The second kappa shape index (κ2) is 7.87. The summed E-state index contributed by atoms with van der Waals surface area (Å²) in [5, 5.41) is 0. The van der Waals surface area contributed by atoms with Crippen LogP contribution < -0.4 is 9.47 Å². The highest BCUT2D eigenvalue weighted by Gasteiger charge is 2.09. The quantitative estimate of drug-likeness (QED) is 0.523. The second-order valence-electron chi connectivity index (χ2n) is 4.49. The van der Waals surface area contributed by atoms with E-state index in [4.69, 9.17) is 4.74 Å². The summed E-state index contributed by atoms with van der Waals surface area (Å²) in [6.45, 7) is -2.93. The van der Waals surface area contributed by atoms with Gasteiger partial charge in [-0.15, -0.1) is 0 Å². The number of alkyl halides is 2. The lowest BCUT2D eigenvalue weighted by atomic mass is 10.1. The van der Waals surface area contributed by atoms with Gasteiger partial charge >= 0.3 is 6.61 Å². The summed E-state index contributed by atoms with van der Waals surface area (Å²) in [6.07, 6.45) is 2.74. The van der Waals surface area contributed by atoms with Crippen molar-refractivity contribution in [2.45, 2.75) is 6.61 Å². The third-order valence-electron chi connectivity index (χ3n) is 2.96. The van der Waals surface area contributed by atoms with Crippen LogP contribution in [0.5, 0.6) is 11.5 Å². The van der Waals surface area contributed by atoms with E-state index in [-0.39, 0.29) is 11.5 Å². The minimum absolute atomic E-state index is 0.00195. The molecule has 0 spiro atoms. The molecule has 0 amide bonds. The molecule has 0 aliphatic heterocycles. The number of rotatable bonds is 6. The van der Waals surface area contributed by atoms with Crippen LogP contribution in [0.1, 0.15) is 15.9 Å². The molecule has 120 valence electrons. The van der Waals surface area contributed by atoms with Crippen LogP contribution in [0.3, 0.4) is 0 Å². The summed E-state index contributed by atoms with van der Waals surface area (Å²) in [6, 6.07) is 11.3. The Labute approximate surface area is 140 Å². The van der Waals surface area contributed by atoms with Crippen LogP contribution in [0.15, 0.2) is 53.0 Å². The molecular formula is C17H13BrF2O3. The van der Waals surface area contributed by atoms with Gasteiger partial charge < -0.3 is 9.47 Å². The lowest BCUT2D eigenvalue weighted by molar-refractivity contribution is -0.0499. The minimum Gasteiger partial charge on any atom is -0.497 e. The number of ketones is 1. The van der Waals surface area contributed by atoms with Crippen molar-refractivity contribution in [2.24, 2.45) is 0 Å². The maximum absolute atomic E-state index is 12.4. The predicted octanol–water partition coefficient (Wildman–Crippen LogP) is 4.96. The summed E-state index contributed by atoms with van der Waals surface area (Å²) in [7, 11) is 1.51. The number of methoxy groups -OCH3 is 1. The van der Waals surface area contributed by atoms with Gasteiger partial charge in [0.15, 0.2) is 5.78 Å². The van der Waals surface area contributed by atoms with E-state index < -0.39 is 6.61 Å². The molecular weight excluding hydrogens is 370 g/mol. The minimum atomic E-state index is -2.93. The average molecular weight is 383 g/mol. The Morgan fingerprint density at radius 2 is 2.00 bits per heavy atom. The first kappa shape index (κ1) is 17.1. The first-order valence-electron chi connectivity index (χ1n) is 6.60. The van der Waals surface area contributed by atoms with Crippen LogP contribution in [0.4, 0.5) is 8.78 Å². The van der Waals surface area contributed by atoms with E-state index in [1.54, 1.807) is 36.4 Å². The Kier molecular flexibility index (Phi) is 5.87.